The fourth-order valence-corrected chi connectivity index (χ4v) is 4.39. The Hall–Kier alpha value is -0.610. The van der Waals surface area contributed by atoms with Crippen molar-refractivity contribution in [2.75, 3.05) is 13.2 Å². The zero-order valence-electron chi connectivity index (χ0n) is 12.6. The Morgan fingerprint density at radius 2 is 2.00 bits per heavy atom. The summed E-state index contributed by atoms with van der Waals surface area (Å²) in [6.07, 6.45) is 7.99. The third-order valence-corrected chi connectivity index (χ3v) is 5.54. The predicted molar refractivity (Wildman–Crippen MR) is 78.2 cm³/mol. The minimum absolute atomic E-state index is 0.190. The molecule has 3 aliphatic rings. The Morgan fingerprint density at radius 1 is 1.20 bits per heavy atom. The lowest BCUT2D eigenvalue weighted by atomic mass is 9.77. The number of carbonyl (C=O) groups excluding carboxylic acids is 1. The summed E-state index contributed by atoms with van der Waals surface area (Å²) in [5.74, 6) is 0.996. The molecule has 5 unspecified atom stereocenters. The van der Waals surface area contributed by atoms with Crippen LogP contribution in [0.3, 0.4) is 0 Å². The van der Waals surface area contributed by atoms with Crippen LogP contribution in [0.4, 0.5) is 0 Å². The second-order valence-corrected chi connectivity index (χ2v) is 6.95. The van der Waals surface area contributed by atoms with Gasteiger partial charge in [0.15, 0.2) is 0 Å². The minimum Gasteiger partial charge on any atom is -0.374 e. The summed E-state index contributed by atoms with van der Waals surface area (Å²) in [5.41, 5.74) is 6.03. The van der Waals surface area contributed by atoms with Crippen LogP contribution in [0.2, 0.25) is 0 Å². The summed E-state index contributed by atoms with van der Waals surface area (Å²) in [5, 5.41) is 0. The van der Waals surface area contributed by atoms with Crippen LogP contribution < -0.4 is 5.73 Å². The highest BCUT2D eigenvalue weighted by molar-refractivity contribution is 5.79. The van der Waals surface area contributed by atoms with E-state index in [0.29, 0.717) is 36.6 Å². The zero-order chi connectivity index (χ0) is 14.1. The number of nitrogens with zero attached hydrogens (tertiary/aromatic N) is 1. The van der Waals surface area contributed by atoms with Crippen molar-refractivity contribution < 1.29 is 9.53 Å². The van der Waals surface area contributed by atoms with Crippen molar-refractivity contribution in [3.8, 4) is 0 Å². The summed E-state index contributed by atoms with van der Waals surface area (Å²) in [7, 11) is 0. The van der Waals surface area contributed by atoms with Gasteiger partial charge in [-0.25, -0.2) is 0 Å². The van der Waals surface area contributed by atoms with Gasteiger partial charge in [-0.2, -0.15) is 0 Å². The molecule has 20 heavy (non-hydrogen) atoms. The number of fused-ring (bicyclic) bond motifs is 1. The Balaban J connectivity index is 1.69. The first-order chi connectivity index (χ1) is 9.66. The molecule has 0 aromatic heterocycles. The van der Waals surface area contributed by atoms with Gasteiger partial charge in [-0.05, 0) is 38.0 Å². The van der Waals surface area contributed by atoms with Crippen molar-refractivity contribution in [1.29, 1.82) is 0 Å². The Bertz CT molecular complexity index is 358. The van der Waals surface area contributed by atoms with E-state index in [9.17, 15) is 4.79 Å². The van der Waals surface area contributed by atoms with Gasteiger partial charge in [-0.15, -0.1) is 0 Å². The summed E-state index contributed by atoms with van der Waals surface area (Å²) >= 11 is 0. The summed E-state index contributed by atoms with van der Waals surface area (Å²) in [4.78, 5) is 15.1. The third-order valence-electron chi connectivity index (χ3n) is 5.54. The zero-order valence-corrected chi connectivity index (χ0v) is 12.6. The normalized spacial score (nSPS) is 42.1. The Morgan fingerprint density at radius 3 is 2.80 bits per heavy atom. The van der Waals surface area contributed by atoms with Gasteiger partial charge < -0.3 is 15.4 Å². The number of amides is 1. The van der Waals surface area contributed by atoms with Crippen molar-refractivity contribution in [3.05, 3.63) is 0 Å². The maximum absolute atomic E-state index is 13.0. The molecule has 2 N–H and O–H groups in total. The van der Waals surface area contributed by atoms with E-state index in [-0.39, 0.29) is 5.92 Å². The average molecular weight is 280 g/mol. The molecule has 0 spiro atoms. The topological polar surface area (TPSA) is 55.6 Å². The second-order valence-electron chi connectivity index (χ2n) is 6.95. The van der Waals surface area contributed by atoms with Crippen LogP contribution in [0, 0.1) is 11.8 Å². The summed E-state index contributed by atoms with van der Waals surface area (Å²) in [6, 6.07) is 0.633. The van der Waals surface area contributed by atoms with Crippen molar-refractivity contribution >= 4 is 5.91 Å². The number of ether oxygens (including phenoxy) is 1. The molecule has 1 saturated heterocycles. The van der Waals surface area contributed by atoms with E-state index in [2.05, 4.69) is 11.8 Å². The molecular formula is C16H28N2O2. The van der Waals surface area contributed by atoms with E-state index >= 15 is 0 Å². The second kappa shape index (κ2) is 6.02. The first kappa shape index (κ1) is 14.3. The molecule has 3 fully saturated rings. The van der Waals surface area contributed by atoms with Crippen LogP contribution in [0.1, 0.15) is 51.9 Å². The van der Waals surface area contributed by atoms with Crippen LogP contribution in [0.15, 0.2) is 0 Å². The van der Waals surface area contributed by atoms with Gasteiger partial charge >= 0.3 is 0 Å². The van der Waals surface area contributed by atoms with Crippen LogP contribution >= 0.6 is 0 Å². The monoisotopic (exact) mass is 280 g/mol. The van der Waals surface area contributed by atoms with E-state index in [4.69, 9.17) is 10.5 Å². The maximum Gasteiger partial charge on any atom is 0.226 e. The lowest BCUT2D eigenvalue weighted by Crippen LogP contribution is -2.57. The molecule has 5 atom stereocenters. The van der Waals surface area contributed by atoms with E-state index in [0.717, 1.165) is 38.6 Å². The maximum atomic E-state index is 13.0. The predicted octanol–water partition coefficient (Wildman–Crippen LogP) is 1.92. The molecular weight excluding hydrogens is 252 g/mol. The standard InChI is InChI=1S/C16H28N2O2/c1-11-10-12(17)6-7-13(11)16(19)18-8-9-20-15-5-3-2-4-14(15)18/h11-15H,2-10,17H2,1H3. The van der Waals surface area contributed by atoms with Gasteiger partial charge in [0.2, 0.25) is 5.91 Å². The molecule has 4 nitrogen and oxygen atoms in total. The van der Waals surface area contributed by atoms with Crippen molar-refractivity contribution in [3.63, 3.8) is 0 Å². The number of hydrogen-bond acceptors (Lipinski definition) is 3. The molecule has 1 amide bonds. The van der Waals surface area contributed by atoms with Crippen molar-refractivity contribution in [1.82, 2.24) is 4.90 Å². The van der Waals surface area contributed by atoms with E-state index in [1.807, 2.05) is 0 Å². The van der Waals surface area contributed by atoms with Crippen LogP contribution in [0.5, 0.6) is 0 Å². The van der Waals surface area contributed by atoms with Gasteiger partial charge in [-0.3, -0.25) is 4.79 Å². The van der Waals surface area contributed by atoms with Crippen LogP contribution in [0.25, 0.3) is 0 Å². The number of rotatable bonds is 1. The molecule has 114 valence electrons. The molecule has 4 heteroatoms. The fourth-order valence-electron chi connectivity index (χ4n) is 4.39. The minimum atomic E-state index is 0.190. The molecule has 0 aromatic carbocycles. The van der Waals surface area contributed by atoms with Gasteiger partial charge in [0.25, 0.3) is 0 Å². The Kier molecular flexibility index (Phi) is 4.32. The van der Waals surface area contributed by atoms with Gasteiger partial charge in [0.1, 0.15) is 0 Å². The quantitative estimate of drug-likeness (QED) is 0.798. The molecule has 0 radical (unpaired) electrons. The lowest BCUT2D eigenvalue weighted by molar-refractivity contribution is -0.156. The first-order valence-corrected chi connectivity index (χ1v) is 8.34. The molecule has 0 bridgehead atoms. The lowest BCUT2D eigenvalue weighted by Gasteiger charge is -2.46. The molecule has 3 rings (SSSR count). The average Bonchev–Trinajstić information content (AvgIpc) is 2.46. The van der Waals surface area contributed by atoms with Crippen LogP contribution in [-0.2, 0) is 9.53 Å². The van der Waals surface area contributed by atoms with E-state index in [1.165, 1.54) is 12.8 Å². The van der Waals surface area contributed by atoms with E-state index < -0.39 is 0 Å². The number of nitrogens with two attached hydrogens (primary N) is 1. The SMILES string of the molecule is CC1CC(N)CCC1C(=O)N1CCOC2CCCCC21. The smallest absolute Gasteiger partial charge is 0.226 e. The van der Waals surface area contributed by atoms with Crippen molar-refractivity contribution in [2.24, 2.45) is 17.6 Å². The van der Waals surface area contributed by atoms with E-state index in [1.54, 1.807) is 0 Å². The Labute approximate surface area is 122 Å². The number of morpholine rings is 1. The van der Waals surface area contributed by atoms with Crippen LogP contribution in [-0.4, -0.2) is 42.1 Å². The molecule has 0 aromatic rings. The summed E-state index contributed by atoms with van der Waals surface area (Å²) < 4.78 is 5.88. The highest BCUT2D eigenvalue weighted by atomic mass is 16.5. The first-order valence-electron chi connectivity index (χ1n) is 8.34. The molecule has 2 aliphatic carbocycles. The van der Waals surface area contributed by atoms with Crippen molar-refractivity contribution in [2.45, 2.75) is 70.1 Å². The fraction of sp³-hybridized carbons (Fsp3) is 0.938. The number of hydrogen-bond donors (Lipinski definition) is 1. The van der Waals surface area contributed by atoms with Gasteiger partial charge in [0, 0.05) is 18.5 Å². The summed E-state index contributed by atoms with van der Waals surface area (Å²) in [6.45, 7) is 3.70. The highest BCUT2D eigenvalue weighted by Crippen LogP contribution is 2.34. The molecule has 1 aliphatic heterocycles. The van der Waals surface area contributed by atoms with Gasteiger partial charge in [-0.1, -0.05) is 19.8 Å². The largest absolute Gasteiger partial charge is 0.374 e. The molecule has 1 heterocycles. The number of carbonyl (C=O) groups is 1. The molecule has 2 saturated carbocycles. The third kappa shape index (κ3) is 2.73. The van der Waals surface area contributed by atoms with Gasteiger partial charge in [0.05, 0.1) is 18.8 Å². The highest BCUT2D eigenvalue weighted by Gasteiger charge is 2.41.